The topological polar surface area (TPSA) is 205 Å². The summed E-state index contributed by atoms with van der Waals surface area (Å²) in [6.07, 6.45) is 12.5. The second-order valence-corrected chi connectivity index (χ2v) is 18.3. The summed E-state index contributed by atoms with van der Waals surface area (Å²) in [7, 11) is -8.84. The highest BCUT2D eigenvalue weighted by Crippen LogP contribution is 2.51. The number of aromatic nitrogens is 2. The van der Waals surface area contributed by atoms with Crippen LogP contribution in [0.3, 0.4) is 0 Å². The lowest BCUT2D eigenvalue weighted by atomic mass is 9.77. The second-order valence-electron chi connectivity index (χ2n) is 15.4. The fourth-order valence-electron chi connectivity index (χ4n) is 8.03. The molecule has 0 spiro atoms. The quantitative estimate of drug-likeness (QED) is 0.0522. The van der Waals surface area contributed by atoms with Crippen LogP contribution in [0, 0.1) is 0 Å². The third-order valence-corrected chi connectivity index (χ3v) is 12.8. The largest absolute Gasteiger partial charge is 0.459 e. The lowest BCUT2D eigenvalue weighted by molar-refractivity contribution is -0.433. The molecule has 1 atom stereocenters. The minimum absolute atomic E-state index is 0.123. The predicted octanol–water partition coefficient (Wildman–Crippen LogP) is 6.81. The summed E-state index contributed by atoms with van der Waals surface area (Å²) in [5.41, 5.74) is 11.4. The molecule has 316 valence electrons. The summed E-state index contributed by atoms with van der Waals surface area (Å²) in [6.45, 7) is 11.9. The number of nitrogens with zero attached hydrogens (tertiary/aromatic N) is 4. The van der Waals surface area contributed by atoms with E-state index < -0.39 is 31.1 Å². The molecule has 0 fully saturated rings. The molecule has 3 aromatic carbocycles. The third kappa shape index (κ3) is 9.36. The molecule has 0 radical (unpaired) electrons. The number of likely N-dealkylation sites (N-methyl/N-ethyl adjacent to an activating group) is 1. The average Bonchev–Trinajstić information content (AvgIpc) is 3.57. The Morgan fingerprint density at radius 3 is 2.22 bits per heavy atom. The molecular weight excluding hydrogens is 805 g/mol. The van der Waals surface area contributed by atoms with Gasteiger partial charge in [0.15, 0.2) is 5.71 Å². The molecule has 2 aliphatic rings. The number of fused-ring (bicyclic) bond motifs is 2. The van der Waals surface area contributed by atoms with Gasteiger partial charge >= 0.3 is 6.01 Å². The maximum absolute atomic E-state index is 13.1. The molecule has 1 unspecified atom stereocenters. The van der Waals surface area contributed by atoms with E-state index in [0.717, 1.165) is 45.0 Å². The number of rotatable bonds is 16. The monoisotopic (exact) mass is 855 g/mol. The molecule has 0 saturated carbocycles. The van der Waals surface area contributed by atoms with Crippen LogP contribution in [-0.4, -0.2) is 65.2 Å². The molecule has 1 amide bonds. The van der Waals surface area contributed by atoms with E-state index in [0.29, 0.717) is 38.3 Å². The third-order valence-electron chi connectivity index (χ3n) is 11.1. The van der Waals surface area contributed by atoms with Crippen molar-refractivity contribution in [3.05, 3.63) is 131 Å². The number of nitrogens with two attached hydrogens (primary N) is 1. The van der Waals surface area contributed by atoms with E-state index in [1.165, 1.54) is 30.5 Å². The van der Waals surface area contributed by atoms with Gasteiger partial charge < -0.3 is 20.7 Å². The highest BCUT2D eigenvalue weighted by molar-refractivity contribution is 7.86. The highest BCUT2D eigenvalue weighted by Gasteiger charge is 2.45. The molecule has 2 aliphatic heterocycles. The summed E-state index contributed by atoms with van der Waals surface area (Å²) in [5, 5.41) is 3.00. The number of hydrogen-bond donors (Lipinski definition) is 4. The summed E-state index contributed by atoms with van der Waals surface area (Å²) >= 11 is 0. The van der Waals surface area contributed by atoms with Crippen LogP contribution in [0.4, 0.5) is 17.2 Å². The van der Waals surface area contributed by atoms with Crippen LogP contribution in [0.5, 0.6) is 6.01 Å². The molecule has 4 aromatic rings. The molecule has 6 rings (SSSR count). The standard InChI is InChI=1S/C44H50N6O8S2/c1-6-49-36-21-19-32(59(52,53)54)26-34(36)43(3,4)38(49)12-9-8-10-13-39-44(5,35-27-33(60(55,56)57)20-22-37(35)50(39)7-2)24-11-14-41(51)47-28-30-15-17-31(18-16-30)29-58-42-46-25-23-40(45)48-42/h8-10,12-13,15-23,25-27H,6-7,11,14,24,28-29H2,1-5H3,(H4-,45,46,47,48,51,52,53,54,55,56,57)/p+1. The number of hydrogen-bond acceptors (Lipinski definition) is 10. The first kappa shape index (κ1) is 43.9. The van der Waals surface area contributed by atoms with E-state index in [-0.39, 0.29) is 34.7 Å². The highest BCUT2D eigenvalue weighted by atomic mass is 32.2. The van der Waals surface area contributed by atoms with Crippen molar-refractivity contribution in [3.8, 4) is 6.01 Å². The normalized spacial score (nSPS) is 18.1. The second kappa shape index (κ2) is 17.5. The maximum Gasteiger partial charge on any atom is 0.318 e. The number of ether oxygens (including phenoxy) is 1. The maximum atomic E-state index is 13.1. The van der Waals surface area contributed by atoms with Crippen molar-refractivity contribution in [1.29, 1.82) is 0 Å². The molecule has 16 heteroatoms. The van der Waals surface area contributed by atoms with E-state index in [9.17, 15) is 30.7 Å². The van der Waals surface area contributed by atoms with Crippen molar-refractivity contribution in [1.82, 2.24) is 15.3 Å². The Morgan fingerprint density at radius 1 is 0.900 bits per heavy atom. The minimum Gasteiger partial charge on any atom is -0.459 e. The Morgan fingerprint density at radius 2 is 1.57 bits per heavy atom. The van der Waals surface area contributed by atoms with Crippen molar-refractivity contribution in [3.63, 3.8) is 0 Å². The van der Waals surface area contributed by atoms with Gasteiger partial charge in [0, 0.05) is 60.2 Å². The van der Waals surface area contributed by atoms with Crippen LogP contribution in [0.15, 0.2) is 119 Å². The lowest BCUT2D eigenvalue weighted by Crippen LogP contribution is -2.29. The number of allylic oxidation sites excluding steroid dienone is 6. The molecule has 0 saturated heterocycles. The number of benzene rings is 3. The van der Waals surface area contributed by atoms with Crippen LogP contribution in [-0.2, 0) is 49.0 Å². The van der Waals surface area contributed by atoms with Gasteiger partial charge in [-0.05, 0) is 107 Å². The van der Waals surface area contributed by atoms with Gasteiger partial charge in [0.25, 0.3) is 20.2 Å². The molecule has 0 aliphatic carbocycles. The summed E-state index contributed by atoms with van der Waals surface area (Å²) in [4.78, 5) is 22.9. The molecule has 60 heavy (non-hydrogen) atoms. The zero-order valence-electron chi connectivity index (χ0n) is 34.3. The van der Waals surface area contributed by atoms with E-state index in [4.69, 9.17) is 10.5 Å². The Labute approximate surface area is 351 Å². The van der Waals surface area contributed by atoms with Crippen molar-refractivity contribution in [2.75, 3.05) is 23.7 Å². The lowest BCUT2D eigenvalue weighted by Gasteiger charge is -2.30. The molecule has 5 N–H and O–H groups in total. The van der Waals surface area contributed by atoms with Crippen molar-refractivity contribution >= 4 is 49.0 Å². The number of carbonyl (C=O) groups is 1. The number of anilines is 2. The predicted molar refractivity (Wildman–Crippen MR) is 231 cm³/mol. The Balaban J connectivity index is 1.16. The van der Waals surface area contributed by atoms with Gasteiger partial charge in [-0.25, -0.2) is 4.98 Å². The number of amides is 1. The zero-order chi connectivity index (χ0) is 43.5. The minimum atomic E-state index is -4.47. The SMILES string of the molecule is CCN1/C(=C/C=C/C=C/C2=[N+](CC)c3ccc(S(=O)(=O)O)cc3C2(C)C)C(C)(CCCC(=O)NCc2ccc(COc3nccc(N)n3)cc2)c2cc(S(=O)(=O)O)ccc21. The molecule has 14 nitrogen and oxygen atoms in total. The first-order chi connectivity index (χ1) is 28.4. The fourth-order valence-corrected chi connectivity index (χ4v) is 9.04. The van der Waals surface area contributed by atoms with E-state index in [2.05, 4.69) is 24.8 Å². The van der Waals surface area contributed by atoms with Crippen molar-refractivity contribution < 1.29 is 40.0 Å². The van der Waals surface area contributed by atoms with Crippen LogP contribution in [0.2, 0.25) is 0 Å². The number of carbonyl (C=O) groups excluding carboxylic acids is 1. The van der Waals surface area contributed by atoms with Gasteiger partial charge in [-0.15, -0.1) is 0 Å². The fraction of sp³-hybridized carbons (Fsp3) is 0.318. The van der Waals surface area contributed by atoms with Crippen molar-refractivity contribution in [2.24, 2.45) is 0 Å². The average molecular weight is 856 g/mol. The van der Waals surface area contributed by atoms with Gasteiger partial charge in [-0.3, -0.25) is 13.9 Å². The number of nitrogens with one attached hydrogen (secondary N) is 1. The van der Waals surface area contributed by atoms with Crippen LogP contribution >= 0.6 is 0 Å². The van der Waals surface area contributed by atoms with Gasteiger partial charge in [-0.2, -0.15) is 26.4 Å². The smallest absolute Gasteiger partial charge is 0.318 e. The van der Waals surface area contributed by atoms with E-state index in [1.807, 2.05) is 89.3 Å². The Hall–Kier alpha value is -5.68. The molecule has 1 aromatic heterocycles. The van der Waals surface area contributed by atoms with Gasteiger partial charge in [-0.1, -0.05) is 42.5 Å². The van der Waals surface area contributed by atoms with Gasteiger partial charge in [0.1, 0.15) is 19.0 Å². The summed E-state index contributed by atoms with van der Waals surface area (Å²) < 4.78 is 75.7. The van der Waals surface area contributed by atoms with Gasteiger partial charge in [0.05, 0.1) is 15.2 Å². The van der Waals surface area contributed by atoms with Crippen molar-refractivity contribution in [2.45, 2.75) is 87.7 Å². The molecule has 0 bridgehead atoms. The Kier molecular flexibility index (Phi) is 12.8. The van der Waals surface area contributed by atoms with E-state index >= 15 is 0 Å². The first-order valence-corrected chi connectivity index (χ1v) is 22.5. The van der Waals surface area contributed by atoms with Crippen LogP contribution < -0.4 is 20.7 Å². The van der Waals surface area contributed by atoms with Crippen LogP contribution in [0.1, 0.15) is 76.1 Å². The first-order valence-electron chi connectivity index (χ1n) is 19.6. The number of nitrogen functional groups attached to an aromatic ring is 1. The van der Waals surface area contributed by atoms with Crippen LogP contribution in [0.25, 0.3) is 0 Å². The van der Waals surface area contributed by atoms with E-state index in [1.54, 1.807) is 18.2 Å². The molecular formula is C44H51N6O8S2+. The molecule has 3 heterocycles. The zero-order valence-corrected chi connectivity index (χ0v) is 35.9. The summed E-state index contributed by atoms with van der Waals surface area (Å²) in [5.74, 6) is 0.198. The Bertz CT molecular complexity index is 2640. The summed E-state index contributed by atoms with van der Waals surface area (Å²) in [6, 6.07) is 18.7. The van der Waals surface area contributed by atoms with Gasteiger partial charge in [0.2, 0.25) is 11.6 Å².